The number of nitrogens with one attached hydrogen (secondary N) is 1. The van der Waals surface area contributed by atoms with Gasteiger partial charge in [-0.3, -0.25) is 4.79 Å². The van der Waals surface area contributed by atoms with Crippen LogP contribution in [0.2, 0.25) is 0 Å². The van der Waals surface area contributed by atoms with E-state index in [-0.39, 0.29) is 17.8 Å². The lowest BCUT2D eigenvalue weighted by atomic mass is 10.0. The molecule has 0 spiro atoms. The number of aliphatic imine (C=N–C) groups is 1. The highest BCUT2D eigenvalue weighted by Crippen LogP contribution is 2.39. The first-order valence-corrected chi connectivity index (χ1v) is 11.6. The summed E-state index contributed by atoms with van der Waals surface area (Å²) in [6.45, 7) is 2.97. The van der Waals surface area contributed by atoms with Crippen molar-refractivity contribution in [3.8, 4) is 5.75 Å². The maximum Gasteiger partial charge on any atom is 0.338 e. The lowest BCUT2D eigenvalue weighted by Crippen LogP contribution is -2.35. The van der Waals surface area contributed by atoms with Crippen LogP contribution in [0.15, 0.2) is 41.4 Å². The Morgan fingerprint density at radius 1 is 1.20 bits per heavy atom. The zero-order valence-corrected chi connectivity index (χ0v) is 18.0. The number of fused-ring (bicyclic) bond motifs is 2. The third-order valence-electron chi connectivity index (χ3n) is 5.80. The van der Waals surface area contributed by atoms with E-state index >= 15 is 0 Å². The van der Waals surface area contributed by atoms with Crippen LogP contribution in [0.3, 0.4) is 0 Å². The van der Waals surface area contributed by atoms with Gasteiger partial charge in [0.05, 0.1) is 24.0 Å². The SMILES string of the molecule is CCCCOc1ccc(C(=O)OCCC2SC(NC3CC4C=CC3C4)=NC2=O)cc1. The molecule has 0 radical (unpaired) electrons. The van der Waals surface area contributed by atoms with E-state index < -0.39 is 5.97 Å². The van der Waals surface area contributed by atoms with E-state index in [1.54, 1.807) is 24.3 Å². The Bertz CT molecular complexity index is 836. The molecule has 1 aromatic rings. The first kappa shape index (κ1) is 21.0. The molecular formula is C23H28N2O4S. The second kappa shape index (κ2) is 9.69. The number of ether oxygens (including phenoxy) is 2. The van der Waals surface area contributed by atoms with Crippen LogP contribution in [0.5, 0.6) is 5.75 Å². The first-order valence-electron chi connectivity index (χ1n) is 10.8. The third kappa shape index (κ3) is 5.06. The fourth-order valence-corrected chi connectivity index (χ4v) is 5.10. The number of unbranched alkanes of at least 4 members (excludes halogenated alkanes) is 1. The number of amidine groups is 1. The second-order valence-electron chi connectivity index (χ2n) is 8.04. The molecule has 0 aromatic heterocycles. The molecule has 1 saturated carbocycles. The number of carbonyl (C=O) groups excluding carboxylic acids is 2. The van der Waals surface area contributed by atoms with Gasteiger partial charge in [-0.05, 0) is 55.4 Å². The maximum absolute atomic E-state index is 12.2. The van der Waals surface area contributed by atoms with Gasteiger partial charge in [0, 0.05) is 12.5 Å². The van der Waals surface area contributed by atoms with Crippen LogP contribution in [-0.2, 0) is 9.53 Å². The van der Waals surface area contributed by atoms with Crippen LogP contribution in [0.4, 0.5) is 0 Å². The summed E-state index contributed by atoms with van der Waals surface area (Å²) in [5.74, 6) is 1.43. The Hall–Kier alpha value is -2.28. The van der Waals surface area contributed by atoms with E-state index in [2.05, 4.69) is 29.4 Å². The summed E-state index contributed by atoms with van der Waals surface area (Å²) in [5.41, 5.74) is 0.478. The number of esters is 1. The summed E-state index contributed by atoms with van der Waals surface area (Å²) in [7, 11) is 0. The van der Waals surface area contributed by atoms with Crippen LogP contribution in [0.1, 0.15) is 49.4 Å². The van der Waals surface area contributed by atoms with Crippen LogP contribution >= 0.6 is 11.8 Å². The largest absolute Gasteiger partial charge is 0.494 e. The standard InChI is InChI=1S/C23H28N2O4S/c1-2-3-11-28-18-8-6-16(7-9-18)22(27)29-12-10-20-21(26)25-23(30-20)24-19-14-15-4-5-17(19)13-15/h4-9,15,17,19-20H,2-3,10-14H2,1H3,(H,24,25,26). The first-order chi connectivity index (χ1) is 14.6. The highest BCUT2D eigenvalue weighted by atomic mass is 32.2. The topological polar surface area (TPSA) is 77.0 Å². The lowest BCUT2D eigenvalue weighted by molar-refractivity contribution is -0.117. The molecule has 0 saturated heterocycles. The molecule has 30 heavy (non-hydrogen) atoms. The van der Waals surface area contributed by atoms with Crippen molar-refractivity contribution in [1.82, 2.24) is 5.32 Å². The summed E-state index contributed by atoms with van der Waals surface area (Å²) in [6, 6.07) is 7.34. The normalized spacial score (nSPS) is 26.7. The molecule has 4 unspecified atom stereocenters. The molecule has 1 fully saturated rings. The van der Waals surface area contributed by atoms with E-state index in [9.17, 15) is 9.59 Å². The minimum Gasteiger partial charge on any atom is -0.494 e. The van der Waals surface area contributed by atoms with Gasteiger partial charge in [-0.1, -0.05) is 37.3 Å². The number of carbonyl (C=O) groups is 2. The molecule has 6 nitrogen and oxygen atoms in total. The van der Waals surface area contributed by atoms with Crippen LogP contribution < -0.4 is 10.1 Å². The number of hydrogen-bond donors (Lipinski definition) is 1. The maximum atomic E-state index is 12.2. The predicted octanol–water partition coefficient (Wildman–Crippen LogP) is 3.96. The lowest BCUT2D eigenvalue weighted by Gasteiger charge is -2.20. The van der Waals surface area contributed by atoms with Crippen molar-refractivity contribution in [1.29, 1.82) is 0 Å². The van der Waals surface area contributed by atoms with Crippen molar-refractivity contribution in [2.75, 3.05) is 13.2 Å². The van der Waals surface area contributed by atoms with Gasteiger partial charge in [0.25, 0.3) is 5.91 Å². The van der Waals surface area contributed by atoms with Gasteiger partial charge in [0.1, 0.15) is 5.75 Å². The molecule has 1 N–H and O–H groups in total. The number of thioether (sulfide) groups is 1. The monoisotopic (exact) mass is 428 g/mol. The van der Waals surface area contributed by atoms with Gasteiger partial charge < -0.3 is 14.8 Å². The molecule has 2 bridgehead atoms. The summed E-state index contributed by atoms with van der Waals surface area (Å²) in [6.07, 6.45) is 9.42. The molecule has 4 rings (SSSR count). The Kier molecular flexibility index (Phi) is 6.77. The number of nitrogens with zero attached hydrogens (tertiary/aromatic N) is 1. The van der Waals surface area contributed by atoms with Gasteiger partial charge in [-0.15, -0.1) is 0 Å². The van der Waals surface area contributed by atoms with Crippen molar-refractivity contribution in [3.63, 3.8) is 0 Å². The van der Waals surface area contributed by atoms with E-state index in [1.165, 1.54) is 18.2 Å². The van der Waals surface area contributed by atoms with Gasteiger partial charge in [-0.2, -0.15) is 4.99 Å². The number of benzene rings is 1. The average Bonchev–Trinajstić information content (AvgIpc) is 3.45. The molecular weight excluding hydrogens is 400 g/mol. The van der Waals surface area contributed by atoms with Gasteiger partial charge >= 0.3 is 5.97 Å². The van der Waals surface area contributed by atoms with E-state index in [0.717, 1.165) is 25.0 Å². The van der Waals surface area contributed by atoms with E-state index in [4.69, 9.17) is 9.47 Å². The molecule has 160 valence electrons. The highest BCUT2D eigenvalue weighted by Gasteiger charge is 2.38. The molecule has 3 aliphatic rings. The zero-order valence-electron chi connectivity index (χ0n) is 17.2. The Morgan fingerprint density at radius 3 is 2.73 bits per heavy atom. The third-order valence-corrected chi connectivity index (χ3v) is 6.95. The smallest absolute Gasteiger partial charge is 0.338 e. The number of rotatable bonds is 9. The van der Waals surface area contributed by atoms with Crippen molar-refractivity contribution in [2.24, 2.45) is 16.8 Å². The number of hydrogen-bond acceptors (Lipinski definition) is 6. The Labute approximate surface area is 181 Å². The van der Waals surface area contributed by atoms with Gasteiger partial charge in [0.2, 0.25) is 0 Å². The fourth-order valence-electron chi connectivity index (χ4n) is 4.10. The molecule has 7 heteroatoms. The van der Waals surface area contributed by atoms with E-state index in [1.807, 2.05) is 0 Å². The van der Waals surface area contributed by atoms with E-state index in [0.29, 0.717) is 41.6 Å². The number of amides is 1. The van der Waals surface area contributed by atoms with Gasteiger partial charge in [-0.25, -0.2) is 4.79 Å². The molecule has 1 amide bonds. The number of allylic oxidation sites excluding steroid dienone is 1. The molecule has 4 atom stereocenters. The summed E-state index contributed by atoms with van der Waals surface area (Å²) in [5, 5.41) is 3.86. The van der Waals surface area contributed by atoms with Crippen molar-refractivity contribution < 1.29 is 19.1 Å². The highest BCUT2D eigenvalue weighted by molar-refractivity contribution is 8.15. The zero-order chi connectivity index (χ0) is 20.9. The van der Waals surface area contributed by atoms with Crippen molar-refractivity contribution >= 4 is 28.8 Å². The quantitative estimate of drug-likeness (QED) is 0.364. The fraction of sp³-hybridized carbons (Fsp3) is 0.522. The van der Waals surface area contributed by atoms with Crippen molar-refractivity contribution in [2.45, 2.75) is 50.3 Å². The molecule has 1 aromatic carbocycles. The van der Waals surface area contributed by atoms with Crippen molar-refractivity contribution in [3.05, 3.63) is 42.0 Å². The molecule has 2 aliphatic carbocycles. The predicted molar refractivity (Wildman–Crippen MR) is 118 cm³/mol. The second-order valence-corrected chi connectivity index (χ2v) is 9.24. The summed E-state index contributed by atoms with van der Waals surface area (Å²) in [4.78, 5) is 28.6. The average molecular weight is 429 g/mol. The Balaban J connectivity index is 1.18. The molecule has 1 heterocycles. The Morgan fingerprint density at radius 2 is 2.03 bits per heavy atom. The van der Waals surface area contributed by atoms with Crippen LogP contribution in [0.25, 0.3) is 0 Å². The minimum absolute atomic E-state index is 0.147. The van der Waals surface area contributed by atoms with Crippen LogP contribution in [0, 0.1) is 11.8 Å². The minimum atomic E-state index is -0.390. The van der Waals surface area contributed by atoms with Gasteiger partial charge in [0.15, 0.2) is 5.17 Å². The summed E-state index contributed by atoms with van der Waals surface area (Å²) >= 11 is 1.45. The summed E-state index contributed by atoms with van der Waals surface area (Å²) < 4.78 is 11.0. The van der Waals surface area contributed by atoms with Crippen LogP contribution in [-0.4, -0.2) is 41.5 Å². The molecule has 1 aliphatic heterocycles.